The lowest BCUT2D eigenvalue weighted by Gasteiger charge is -2.20. The van der Waals surface area contributed by atoms with E-state index in [1.807, 2.05) is 19.9 Å². The number of aliphatic carboxylic acids is 1. The summed E-state index contributed by atoms with van der Waals surface area (Å²) in [6, 6.07) is 1.89. The van der Waals surface area contributed by atoms with Gasteiger partial charge in [-0.15, -0.1) is 0 Å². The van der Waals surface area contributed by atoms with Crippen molar-refractivity contribution in [3.05, 3.63) is 28.5 Å². The zero-order valence-electron chi connectivity index (χ0n) is 9.98. The average molecular weight is 301 g/mol. The molecule has 0 aliphatic carbocycles. The fourth-order valence-electron chi connectivity index (χ4n) is 1.52. The molecule has 5 heteroatoms. The minimum Gasteiger partial charge on any atom is -0.481 e. The second kappa shape index (κ2) is 6.71. The third kappa shape index (κ3) is 4.83. The smallest absolute Gasteiger partial charge is 0.304 e. The van der Waals surface area contributed by atoms with Crippen LogP contribution in [0.3, 0.4) is 0 Å². The Bertz CT molecular complexity index is 383. The molecule has 94 valence electrons. The molecule has 1 heterocycles. The van der Waals surface area contributed by atoms with Crippen molar-refractivity contribution in [3.8, 4) is 0 Å². The Labute approximate surface area is 110 Å². The SMILES string of the molecule is CC(C)[C@@H](CC(=O)O)NCc1ccncc1Br. The Morgan fingerprint density at radius 2 is 2.29 bits per heavy atom. The summed E-state index contributed by atoms with van der Waals surface area (Å²) in [7, 11) is 0. The van der Waals surface area contributed by atoms with E-state index in [1.165, 1.54) is 0 Å². The van der Waals surface area contributed by atoms with E-state index in [-0.39, 0.29) is 18.4 Å². The Kier molecular flexibility index (Phi) is 5.58. The first-order valence-corrected chi connectivity index (χ1v) is 6.33. The van der Waals surface area contributed by atoms with Gasteiger partial charge in [0.25, 0.3) is 0 Å². The van der Waals surface area contributed by atoms with Crippen molar-refractivity contribution in [1.29, 1.82) is 0 Å². The van der Waals surface area contributed by atoms with Gasteiger partial charge in [-0.05, 0) is 33.5 Å². The molecule has 0 fully saturated rings. The van der Waals surface area contributed by atoms with Crippen LogP contribution in [-0.4, -0.2) is 22.1 Å². The standard InChI is InChI=1S/C12H17BrN2O2/c1-8(2)11(5-12(16)17)15-6-9-3-4-14-7-10(9)13/h3-4,7-8,11,15H,5-6H2,1-2H3,(H,16,17)/t11-/m1/s1. The molecule has 0 unspecified atom stereocenters. The maximum Gasteiger partial charge on any atom is 0.304 e. The average Bonchev–Trinajstić information content (AvgIpc) is 2.25. The molecule has 1 atom stereocenters. The number of hydrogen-bond donors (Lipinski definition) is 2. The number of carbonyl (C=O) groups is 1. The van der Waals surface area contributed by atoms with Gasteiger partial charge in [0.1, 0.15) is 0 Å². The molecule has 0 radical (unpaired) electrons. The maximum atomic E-state index is 10.7. The van der Waals surface area contributed by atoms with Gasteiger partial charge in [-0.25, -0.2) is 0 Å². The van der Waals surface area contributed by atoms with E-state index in [4.69, 9.17) is 5.11 Å². The number of aromatic nitrogens is 1. The number of carboxylic acid groups (broad SMARTS) is 1. The van der Waals surface area contributed by atoms with Crippen LogP contribution in [0, 0.1) is 5.92 Å². The predicted molar refractivity (Wildman–Crippen MR) is 69.7 cm³/mol. The van der Waals surface area contributed by atoms with Crippen LogP contribution in [0.25, 0.3) is 0 Å². The number of hydrogen-bond acceptors (Lipinski definition) is 3. The maximum absolute atomic E-state index is 10.7. The Hall–Kier alpha value is -0.940. The lowest BCUT2D eigenvalue weighted by Crippen LogP contribution is -2.35. The van der Waals surface area contributed by atoms with Crippen LogP contribution in [0.1, 0.15) is 25.8 Å². The molecule has 0 aliphatic heterocycles. The van der Waals surface area contributed by atoms with E-state index < -0.39 is 5.97 Å². The van der Waals surface area contributed by atoms with Gasteiger partial charge < -0.3 is 10.4 Å². The van der Waals surface area contributed by atoms with E-state index in [1.54, 1.807) is 12.4 Å². The molecule has 0 aromatic carbocycles. The van der Waals surface area contributed by atoms with Gasteiger partial charge >= 0.3 is 5.97 Å². The number of pyridine rings is 1. The highest BCUT2D eigenvalue weighted by Gasteiger charge is 2.16. The summed E-state index contributed by atoms with van der Waals surface area (Å²) in [5.41, 5.74) is 1.08. The number of carboxylic acids is 1. The number of rotatable bonds is 6. The van der Waals surface area contributed by atoms with E-state index in [0.29, 0.717) is 6.54 Å². The number of halogens is 1. The van der Waals surface area contributed by atoms with Crippen LogP contribution in [0.5, 0.6) is 0 Å². The van der Waals surface area contributed by atoms with Gasteiger partial charge in [0, 0.05) is 29.5 Å². The predicted octanol–water partition coefficient (Wildman–Crippen LogP) is 2.43. The molecule has 1 rings (SSSR count). The minimum atomic E-state index is -0.773. The van der Waals surface area contributed by atoms with Crippen molar-refractivity contribution in [2.75, 3.05) is 0 Å². The lowest BCUT2D eigenvalue weighted by molar-refractivity contribution is -0.137. The first-order chi connectivity index (χ1) is 8.00. The van der Waals surface area contributed by atoms with Crippen LogP contribution < -0.4 is 5.32 Å². The topological polar surface area (TPSA) is 62.2 Å². The van der Waals surface area contributed by atoms with Gasteiger partial charge in [0.05, 0.1) is 6.42 Å². The summed E-state index contributed by atoms with van der Waals surface area (Å²) in [5.74, 6) is -0.489. The van der Waals surface area contributed by atoms with Crippen LogP contribution >= 0.6 is 15.9 Å². The van der Waals surface area contributed by atoms with Crippen LogP contribution in [-0.2, 0) is 11.3 Å². The fourth-order valence-corrected chi connectivity index (χ4v) is 1.91. The fraction of sp³-hybridized carbons (Fsp3) is 0.500. The molecule has 4 nitrogen and oxygen atoms in total. The third-order valence-corrected chi connectivity index (χ3v) is 3.32. The summed E-state index contributed by atoms with van der Waals surface area (Å²) >= 11 is 3.42. The van der Waals surface area contributed by atoms with Crippen molar-refractivity contribution < 1.29 is 9.90 Å². The molecule has 17 heavy (non-hydrogen) atoms. The molecule has 1 aromatic heterocycles. The molecule has 0 aliphatic rings. The van der Waals surface area contributed by atoms with Crippen molar-refractivity contribution in [2.45, 2.75) is 32.9 Å². The Morgan fingerprint density at radius 1 is 1.59 bits per heavy atom. The highest BCUT2D eigenvalue weighted by molar-refractivity contribution is 9.10. The van der Waals surface area contributed by atoms with E-state index in [0.717, 1.165) is 10.0 Å². The monoisotopic (exact) mass is 300 g/mol. The molecular formula is C12H17BrN2O2. The summed E-state index contributed by atoms with van der Waals surface area (Å²) in [6.45, 7) is 4.67. The molecule has 0 saturated heterocycles. The highest BCUT2D eigenvalue weighted by atomic mass is 79.9. The largest absolute Gasteiger partial charge is 0.481 e. The molecule has 0 amide bonds. The van der Waals surface area contributed by atoms with Crippen molar-refractivity contribution in [3.63, 3.8) is 0 Å². The van der Waals surface area contributed by atoms with E-state index >= 15 is 0 Å². The second-order valence-corrected chi connectivity index (χ2v) is 5.15. The zero-order chi connectivity index (χ0) is 12.8. The molecular weight excluding hydrogens is 284 g/mol. The molecule has 1 aromatic rings. The molecule has 2 N–H and O–H groups in total. The van der Waals surface area contributed by atoms with Crippen LogP contribution in [0.15, 0.2) is 22.9 Å². The molecule has 0 bridgehead atoms. The van der Waals surface area contributed by atoms with Gasteiger partial charge in [0.15, 0.2) is 0 Å². The quantitative estimate of drug-likeness (QED) is 0.847. The first-order valence-electron chi connectivity index (χ1n) is 5.54. The zero-order valence-corrected chi connectivity index (χ0v) is 11.6. The van der Waals surface area contributed by atoms with E-state index in [2.05, 4.69) is 26.2 Å². The first kappa shape index (κ1) is 14.1. The van der Waals surface area contributed by atoms with Gasteiger partial charge in [0.2, 0.25) is 0 Å². The van der Waals surface area contributed by atoms with E-state index in [9.17, 15) is 4.79 Å². The Balaban J connectivity index is 2.58. The van der Waals surface area contributed by atoms with Gasteiger partial charge in [-0.3, -0.25) is 9.78 Å². The number of nitrogens with one attached hydrogen (secondary N) is 1. The van der Waals surface area contributed by atoms with Crippen LogP contribution in [0.4, 0.5) is 0 Å². The van der Waals surface area contributed by atoms with Crippen LogP contribution in [0.2, 0.25) is 0 Å². The third-order valence-electron chi connectivity index (χ3n) is 2.61. The normalized spacial score (nSPS) is 12.7. The summed E-state index contributed by atoms with van der Waals surface area (Å²) in [5, 5.41) is 12.1. The Morgan fingerprint density at radius 3 is 2.82 bits per heavy atom. The van der Waals surface area contributed by atoms with Crippen molar-refractivity contribution in [2.24, 2.45) is 5.92 Å². The summed E-state index contributed by atoms with van der Waals surface area (Å²) in [6.07, 6.45) is 3.60. The second-order valence-electron chi connectivity index (χ2n) is 4.30. The summed E-state index contributed by atoms with van der Waals surface area (Å²) < 4.78 is 0.935. The molecule has 0 spiro atoms. The number of nitrogens with zero attached hydrogens (tertiary/aromatic N) is 1. The minimum absolute atomic E-state index is 0.0208. The highest BCUT2D eigenvalue weighted by Crippen LogP contribution is 2.15. The van der Waals surface area contributed by atoms with Gasteiger partial charge in [-0.1, -0.05) is 13.8 Å². The van der Waals surface area contributed by atoms with Crippen molar-refractivity contribution in [1.82, 2.24) is 10.3 Å². The van der Waals surface area contributed by atoms with Gasteiger partial charge in [-0.2, -0.15) is 0 Å². The molecule has 0 saturated carbocycles. The lowest BCUT2D eigenvalue weighted by atomic mass is 10.0. The summed E-state index contributed by atoms with van der Waals surface area (Å²) in [4.78, 5) is 14.7. The van der Waals surface area contributed by atoms with Crippen molar-refractivity contribution >= 4 is 21.9 Å².